The maximum Gasteiger partial charge on any atom is 0.306 e. The lowest BCUT2D eigenvalue weighted by Gasteiger charge is -2.24. The smallest absolute Gasteiger partial charge is 0.306 e. The van der Waals surface area contributed by atoms with Crippen molar-refractivity contribution in [3.8, 4) is 0 Å². The average molecular weight is 282 g/mol. The van der Waals surface area contributed by atoms with Crippen molar-refractivity contribution in [2.24, 2.45) is 0 Å². The number of methoxy groups -OCH3 is 1. The van der Waals surface area contributed by atoms with Crippen molar-refractivity contribution in [2.45, 2.75) is 31.9 Å². The Morgan fingerprint density at radius 1 is 1.55 bits per heavy atom. The highest BCUT2D eigenvalue weighted by Gasteiger charge is 2.19. The van der Waals surface area contributed by atoms with Gasteiger partial charge in [-0.3, -0.25) is 14.4 Å². The topological polar surface area (TPSA) is 69.5 Å². The molecule has 1 aromatic heterocycles. The predicted octanol–water partition coefficient (Wildman–Crippen LogP) is 0.322. The molecule has 2 heterocycles. The van der Waals surface area contributed by atoms with Gasteiger partial charge in [-0.05, 0) is 12.8 Å². The SMILES string of the molecule is COC(=O)CCN(CCn1cncn1)CC1CCCO1. The zero-order chi connectivity index (χ0) is 14.2. The van der Waals surface area contributed by atoms with Crippen LogP contribution in [0.15, 0.2) is 12.7 Å². The molecular weight excluding hydrogens is 260 g/mol. The number of nitrogens with zero attached hydrogens (tertiary/aromatic N) is 4. The van der Waals surface area contributed by atoms with Crippen LogP contribution in [0.1, 0.15) is 19.3 Å². The largest absolute Gasteiger partial charge is 0.469 e. The maximum absolute atomic E-state index is 11.3. The molecule has 0 aliphatic carbocycles. The van der Waals surface area contributed by atoms with Gasteiger partial charge < -0.3 is 9.47 Å². The van der Waals surface area contributed by atoms with E-state index in [1.165, 1.54) is 13.4 Å². The molecule has 7 nitrogen and oxygen atoms in total. The summed E-state index contributed by atoms with van der Waals surface area (Å²) in [4.78, 5) is 17.4. The second-order valence-corrected chi connectivity index (χ2v) is 4.92. The predicted molar refractivity (Wildman–Crippen MR) is 72.1 cm³/mol. The van der Waals surface area contributed by atoms with Crippen LogP contribution in [0.25, 0.3) is 0 Å². The quantitative estimate of drug-likeness (QED) is 0.640. The standard InChI is InChI=1S/C13H22N4O3/c1-19-13(18)4-5-16(9-12-3-2-8-20-12)6-7-17-11-14-10-15-17/h10-12H,2-9H2,1H3. The third-order valence-corrected chi connectivity index (χ3v) is 3.46. The fourth-order valence-electron chi connectivity index (χ4n) is 2.31. The summed E-state index contributed by atoms with van der Waals surface area (Å²) in [5.41, 5.74) is 0. The summed E-state index contributed by atoms with van der Waals surface area (Å²) in [6.45, 7) is 3.96. The normalized spacial score (nSPS) is 18.6. The number of aromatic nitrogens is 3. The minimum absolute atomic E-state index is 0.178. The van der Waals surface area contributed by atoms with Crippen LogP contribution in [0.3, 0.4) is 0 Å². The van der Waals surface area contributed by atoms with E-state index in [-0.39, 0.29) is 12.1 Å². The van der Waals surface area contributed by atoms with Crippen LogP contribution in [0.5, 0.6) is 0 Å². The van der Waals surface area contributed by atoms with E-state index >= 15 is 0 Å². The first kappa shape index (κ1) is 14.9. The summed E-state index contributed by atoms with van der Waals surface area (Å²) in [6.07, 6.45) is 6.13. The molecule has 0 N–H and O–H groups in total. The van der Waals surface area contributed by atoms with E-state index < -0.39 is 0 Å². The highest BCUT2D eigenvalue weighted by atomic mass is 16.5. The third kappa shape index (κ3) is 4.90. The van der Waals surface area contributed by atoms with Gasteiger partial charge >= 0.3 is 5.97 Å². The van der Waals surface area contributed by atoms with Crippen LogP contribution < -0.4 is 0 Å². The van der Waals surface area contributed by atoms with E-state index in [1.807, 2.05) is 0 Å². The first-order valence-electron chi connectivity index (χ1n) is 7.01. The van der Waals surface area contributed by atoms with Crippen molar-refractivity contribution in [1.29, 1.82) is 0 Å². The molecule has 1 atom stereocenters. The van der Waals surface area contributed by atoms with Crippen molar-refractivity contribution in [1.82, 2.24) is 19.7 Å². The van der Waals surface area contributed by atoms with Gasteiger partial charge in [0.1, 0.15) is 12.7 Å². The van der Waals surface area contributed by atoms with Crippen molar-refractivity contribution in [2.75, 3.05) is 33.4 Å². The van der Waals surface area contributed by atoms with Gasteiger partial charge in [0.25, 0.3) is 0 Å². The summed E-state index contributed by atoms with van der Waals surface area (Å²) in [7, 11) is 1.42. The Bertz CT molecular complexity index is 390. The van der Waals surface area contributed by atoms with Gasteiger partial charge in [0.15, 0.2) is 0 Å². The molecule has 1 aliphatic rings. The number of carbonyl (C=O) groups is 1. The molecule has 1 fully saturated rings. The molecule has 20 heavy (non-hydrogen) atoms. The van der Waals surface area contributed by atoms with Crippen LogP contribution in [0, 0.1) is 0 Å². The van der Waals surface area contributed by atoms with E-state index in [4.69, 9.17) is 9.47 Å². The van der Waals surface area contributed by atoms with Crippen LogP contribution >= 0.6 is 0 Å². The molecule has 0 radical (unpaired) electrons. The van der Waals surface area contributed by atoms with E-state index in [1.54, 1.807) is 11.0 Å². The second kappa shape index (κ2) is 7.96. The lowest BCUT2D eigenvalue weighted by atomic mass is 10.2. The van der Waals surface area contributed by atoms with Gasteiger partial charge in [0.2, 0.25) is 0 Å². The maximum atomic E-state index is 11.3. The molecular formula is C13H22N4O3. The van der Waals surface area contributed by atoms with Gasteiger partial charge in [0, 0.05) is 26.2 Å². The highest BCUT2D eigenvalue weighted by Crippen LogP contribution is 2.13. The van der Waals surface area contributed by atoms with Gasteiger partial charge in [-0.2, -0.15) is 5.10 Å². The number of rotatable bonds is 8. The molecule has 7 heteroatoms. The van der Waals surface area contributed by atoms with Crippen LogP contribution in [0.4, 0.5) is 0 Å². The first-order chi connectivity index (χ1) is 9.78. The molecule has 112 valence electrons. The summed E-state index contributed by atoms with van der Waals surface area (Å²) in [5.74, 6) is -0.178. The molecule has 2 rings (SSSR count). The lowest BCUT2D eigenvalue weighted by molar-refractivity contribution is -0.141. The Labute approximate surface area is 118 Å². The van der Waals surface area contributed by atoms with E-state index in [0.29, 0.717) is 13.0 Å². The Hall–Kier alpha value is -1.47. The number of ether oxygens (including phenoxy) is 2. The number of hydrogen-bond acceptors (Lipinski definition) is 6. The lowest BCUT2D eigenvalue weighted by Crippen LogP contribution is -2.36. The molecule has 1 aliphatic heterocycles. The average Bonchev–Trinajstić information content (AvgIpc) is 3.14. The third-order valence-electron chi connectivity index (χ3n) is 3.46. The van der Waals surface area contributed by atoms with E-state index in [2.05, 4.69) is 15.0 Å². The zero-order valence-corrected chi connectivity index (χ0v) is 11.9. The Morgan fingerprint density at radius 3 is 3.10 bits per heavy atom. The van der Waals surface area contributed by atoms with Crippen LogP contribution in [-0.4, -0.2) is 65.1 Å². The number of esters is 1. The molecule has 0 aromatic carbocycles. The Morgan fingerprint density at radius 2 is 2.45 bits per heavy atom. The molecule has 0 bridgehead atoms. The monoisotopic (exact) mass is 282 g/mol. The van der Waals surface area contributed by atoms with Gasteiger partial charge in [-0.25, -0.2) is 4.98 Å². The molecule has 0 saturated carbocycles. The number of carbonyl (C=O) groups excluding carboxylic acids is 1. The zero-order valence-electron chi connectivity index (χ0n) is 11.9. The van der Waals surface area contributed by atoms with Gasteiger partial charge in [-0.15, -0.1) is 0 Å². The molecule has 1 saturated heterocycles. The van der Waals surface area contributed by atoms with E-state index in [9.17, 15) is 4.79 Å². The van der Waals surface area contributed by atoms with Crippen molar-refractivity contribution in [3.63, 3.8) is 0 Å². The van der Waals surface area contributed by atoms with E-state index in [0.717, 1.165) is 39.1 Å². The minimum atomic E-state index is -0.178. The van der Waals surface area contributed by atoms with Gasteiger partial charge in [0.05, 0.1) is 26.2 Å². The van der Waals surface area contributed by atoms with Crippen molar-refractivity contribution in [3.05, 3.63) is 12.7 Å². The molecule has 0 amide bonds. The molecule has 0 spiro atoms. The fourth-order valence-corrected chi connectivity index (χ4v) is 2.31. The van der Waals surface area contributed by atoms with Crippen molar-refractivity contribution >= 4 is 5.97 Å². The van der Waals surface area contributed by atoms with Crippen molar-refractivity contribution < 1.29 is 14.3 Å². The Balaban J connectivity index is 1.79. The molecule has 1 aromatic rings. The second-order valence-electron chi connectivity index (χ2n) is 4.92. The van der Waals surface area contributed by atoms with Crippen LogP contribution in [0.2, 0.25) is 0 Å². The minimum Gasteiger partial charge on any atom is -0.469 e. The fraction of sp³-hybridized carbons (Fsp3) is 0.769. The summed E-state index contributed by atoms with van der Waals surface area (Å²) < 4.78 is 12.1. The summed E-state index contributed by atoms with van der Waals surface area (Å²) >= 11 is 0. The summed E-state index contributed by atoms with van der Waals surface area (Å²) in [6, 6.07) is 0. The summed E-state index contributed by atoms with van der Waals surface area (Å²) in [5, 5.41) is 4.09. The van der Waals surface area contributed by atoms with Gasteiger partial charge in [-0.1, -0.05) is 0 Å². The van der Waals surface area contributed by atoms with Crippen LogP contribution in [-0.2, 0) is 20.8 Å². The first-order valence-corrected chi connectivity index (χ1v) is 7.01. The molecule has 1 unspecified atom stereocenters. The number of hydrogen-bond donors (Lipinski definition) is 0. The Kier molecular flexibility index (Phi) is 5.94. The highest BCUT2D eigenvalue weighted by molar-refractivity contribution is 5.69.